The molecular formula is C19H22N4O3S. The summed E-state index contributed by atoms with van der Waals surface area (Å²) in [4.78, 5) is 43.9. The van der Waals surface area contributed by atoms with Gasteiger partial charge in [0.25, 0.3) is 5.91 Å². The SMILES string of the molecule is CC(C(=O)NC(Cc1cccs1)c1ccccn1)N1C(=O)NC(C)(C)C1=O. The monoisotopic (exact) mass is 386 g/mol. The Kier molecular flexibility index (Phi) is 5.27. The van der Waals surface area contributed by atoms with Crippen molar-refractivity contribution in [2.45, 2.75) is 44.8 Å². The largest absolute Gasteiger partial charge is 0.346 e. The first kappa shape index (κ1) is 19.0. The van der Waals surface area contributed by atoms with Gasteiger partial charge in [-0.3, -0.25) is 14.6 Å². The predicted octanol–water partition coefficient (Wildman–Crippen LogP) is 2.26. The van der Waals surface area contributed by atoms with Crippen molar-refractivity contribution < 1.29 is 14.4 Å². The Morgan fingerprint density at radius 3 is 2.63 bits per heavy atom. The third-order valence-electron chi connectivity index (χ3n) is 4.51. The van der Waals surface area contributed by atoms with E-state index in [0.717, 1.165) is 15.5 Å². The zero-order chi connectivity index (χ0) is 19.6. The van der Waals surface area contributed by atoms with Crippen LogP contribution in [0.2, 0.25) is 0 Å². The van der Waals surface area contributed by atoms with Gasteiger partial charge in [-0.1, -0.05) is 12.1 Å². The average molecular weight is 386 g/mol. The van der Waals surface area contributed by atoms with Crippen LogP contribution < -0.4 is 10.6 Å². The maximum atomic E-state index is 12.8. The molecule has 2 unspecified atom stereocenters. The molecule has 2 aromatic heterocycles. The number of pyridine rings is 1. The molecular weight excluding hydrogens is 364 g/mol. The molecule has 7 nitrogen and oxygen atoms in total. The summed E-state index contributed by atoms with van der Waals surface area (Å²) in [6.45, 7) is 4.78. The van der Waals surface area contributed by atoms with Crippen molar-refractivity contribution in [2.24, 2.45) is 0 Å². The van der Waals surface area contributed by atoms with Crippen LogP contribution in [0.3, 0.4) is 0 Å². The van der Waals surface area contributed by atoms with Crippen LogP contribution in [0.15, 0.2) is 41.9 Å². The van der Waals surface area contributed by atoms with Gasteiger partial charge in [-0.15, -0.1) is 11.3 Å². The van der Waals surface area contributed by atoms with Crippen molar-refractivity contribution in [3.8, 4) is 0 Å². The van der Waals surface area contributed by atoms with Crippen LogP contribution in [0.4, 0.5) is 4.79 Å². The lowest BCUT2D eigenvalue weighted by molar-refractivity contribution is -0.137. The summed E-state index contributed by atoms with van der Waals surface area (Å²) in [5.41, 5.74) is -0.285. The second-order valence-electron chi connectivity index (χ2n) is 7.01. The fraction of sp³-hybridized carbons (Fsp3) is 0.368. The van der Waals surface area contributed by atoms with Crippen LogP contribution >= 0.6 is 11.3 Å². The topological polar surface area (TPSA) is 91.4 Å². The molecule has 3 heterocycles. The Morgan fingerprint density at radius 2 is 2.07 bits per heavy atom. The Morgan fingerprint density at radius 1 is 1.30 bits per heavy atom. The van der Waals surface area contributed by atoms with Crippen LogP contribution in [0, 0.1) is 0 Å². The van der Waals surface area contributed by atoms with Crippen LogP contribution in [-0.4, -0.2) is 39.3 Å². The van der Waals surface area contributed by atoms with Gasteiger partial charge in [0.15, 0.2) is 0 Å². The van der Waals surface area contributed by atoms with E-state index in [2.05, 4.69) is 15.6 Å². The minimum absolute atomic E-state index is 0.353. The molecule has 1 aliphatic heterocycles. The number of carbonyl (C=O) groups excluding carboxylic acids is 3. The van der Waals surface area contributed by atoms with E-state index in [1.54, 1.807) is 38.3 Å². The van der Waals surface area contributed by atoms with Gasteiger partial charge < -0.3 is 10.6 Å². The molecule has 0 aliphatic carbocycles. The molecule has 1 saturated heterocycles. The summed E-state index contributed by atoms with van der Waals surface area (Å²) >= 11 is 1.60. The predicted molar refractivity (Wildman–Crippen MR) is 102 cm³/mol. The van der Waals surface area contributed by atoms with Crippen LogP contribution in [-0.2, 0) is 16.0 Å². The zero-order valence-electron chi connectivity index (χ0n) is 15.4. The van der Waals surface area contributed by atoms with Crippen molar-refractivity contribution >= 4 is 29.2 Å². The Hall–Kier alpha value is -2.74. The molecule has 2 atom stereocenters. The van der Waals surface area contributed by atoms with E-state index < -0.39 is 29.4 Å². The Labute approximate surface area is 161 Å². The van der Waals surface area contributed by atoms with Gasteiger partial charge in [-0.2, -0.15) is 0 Å². The van der Waals surface area contributed by atoms with E-state index in [9.17, 15) is 14.4 Å². The second kappa shape index (κ2) is 7.48. The minimum Gasteiger partial charge on any atom is -0.346 e. The number of thiophene rings is 1. The lowest BCUT2D eigenvalue weighted by atomic mass is 10.1. The fourth-order valence-corrected chi connectivity index (χ4v) is 3.73. The quantitative estimate of drug-likeness (QED) is 0.745. The number of imide groups is 1. The highest BCUT2D eigenvalue weighted by molar-refractivity contribution is 7.09. The third kappa shape index (κ3) is 4.00. The van der Waals surface area contributed by atoms with Crippen molar-refractivity contribution in [3.63, 3.8) is 0 Å². The maximum Gasteiger partial charge on any atom is 0.325 e. The van der Waals surface area contributed by atoms with Crippen LogP contribution in [0.5, 0.6) is 0 Å². The van der Waals surface area contributed by atoms with Crippen molar-refractivity contribution in [1.82, 2.24) is 20.5 Å². The number of hydrogen-bond acceptors (Lipinski definition) is 5. The average Bonchev–Trinajstić information content (AvgIpc) is 3.20. The Bertz CT molecular complexity index is 836. The summed E-state index contributed by atoms with van der Waals surface area (Å²) in [6.07, 6.45) is 2.26. The molecule has 1 fully saturated rings. The normalized spacial score (nSPS) is 18.1. The fourth-order valence-electron chi connectivity index (χ4n) is 2.98. The summed E-state index contributed by atoms with van der Waals surface area (Å²) in [5, 5.41) is 7.52. The molecule has 2 N–H and O–H groups in total. The molecule has 4 amide bonds. The molecule has 1 aliphatic rings. The van der Waals surface area contributed by atoms with Gasteiger partial charge in [0.2, 0.25) is 5.91 Å². The first-order valence-corrected chi connectivity index (χ1v) is 9.57. The van der Waals surface area contributed by atoms with Crippen LogP contribution in [0.25, 0.3) is 0 Å². The molecule has 27 heavy (non-hydrogen) atoms. The van der Waals surface area contributed by atoms with Crippen molar-refractivity contribution in [2.75, 3.05) is 0 Å². The summed E-state index contributed by atoms with van der Waals surface area (Å²) in [6, 6.07) is 7.64. The summed E-state index contributed by atoms with van der Waals surface area (Å²) in [7, 11) is 0. The van der Waals surface area contributed by atoms with E-state index in [-0.39, 0.29) is 6.04 Å². The third-order valence-corrected chi connectivity index (χ3v) is 5.40. The second-order valence-corrected chi connectivity index (χ2v) is 8.04. The number of urea groups is 1. The van der Waals surface area contributed by atoms with E-state index in [1.165, 1.54) is 0 Å². The summed E-state index contributed by atoms with van der Waals surface area (Å²) in [5.74, 6) is -0.814. The number of amides is 4. The van der Waals surface area contributed by atoms with Gasteiger partial charge in [0, 0.05) is 17.5 Å². The van der Waals surface area contributed by atoms with Gasteiger partial charge >= 0.3 is 6.03 Å². The van der Waals surface area contributed by atoms with Gasteiger partial charge in [0.1, 0.15) is 11.6 Å². The van der Waals surface area contributed by atoms with Crippen LogP contribution in [0.1, 0.15) is 37.4 Å². The number of rotatable bonds is 6. The van der Waals surface area contributed by atoms with Crippen molar-refractivity contribution in [1.29, 1.82) is 0 Å². The van der Waals surface area contributed by atoms with E-state index in [4.69, 9.17) is 0 Å². The molecule has 142 valence electrons. The number of hydrogen-bond donors (Lipinski definition) is 2. The lowest BCUT2D eigenvalue weighted by Crippen LogP contribution is -2.50. The van der Waals surface area contributed by atoms with Gasteiger partial charge in [-0.05, 0) is 44.4 Å². The van der Waals surface area contributed by atoms with E-state index in [0.29, 0.717) is 6.42 Å². The smallest absolute Gasteiger partial charge is 0.325 e. The highest BCUT2D eigenvalue weighted by atomic mass is 32.1. The lowest BCUT2D eigenvalue weighted by Gasteiger charge is -2.25. The summed E-state index contributed by atoms with van der Waals surface area (Å²) < 4.78 is 0. The number of aromatic nitrogens is 1. The van der Waals surface area contributed by atoms with Gasteiger partial charge in [0.05, 0.1) is 11.7 Å². The Balaban J connectivity index is 1.78. The standard InChI is InChI=1S/C19H22N4O3S/c1-12(23-17(25)19(2,3)22-18(23)26)16(24)21-15(11-13-7-6-10-27-13)14-8-4-5-9-20-14/h4-10,12,15H,11H2,1-3H3,(H,21,24)(H,22,26). The molecule has 0 saturated carbocycles. The maximum absolute atomic E-state index is 12.8. The molecule has 0 aromatic carbocycles. The van der Waals surface area contributed by atoms with E-state index in [1.807, 2.05) is 35.7 Å². The minimum atomic E-state index is -1.01. The molecule has 0 spiro atoms. The number of nitrogens with zero attached hydrogens (tertiary/aromatic N) is 2. The zero-order valence-corrected chi connectivity index (χ0v) is 16.2. The molecule has 0 radical (unpaired) electrons. The van der Waals surface area contributed by atoms with E-state index >= 15 is 0 Å². The molecule has 0 bridgehead atoms. The van der Waals surface area contributed by atoms with Gasteiger partial charge in [-0.25, -0.2) is 9.69 Å². The number of carbonyl (C=O) groups is 3. The number of nitrogens with one attached hydrogen (secondary N) is 2. The molecule has 8 heteroatoms. The highest BCUT2D eigenvalue weighted by Crippen LogP contribution is 2.22. The molecule has 2 aromatic rings. The first-order chi connectivity index (χ1) is 12.8. The molecule has 3 rings (SSSR count). The van der Waals surface area contributed by atoms with Crippen molar-refractivity contribution in [3.05, 3.63) is 52.5 Å². The first-order valence-electron chi connectivity index (χ1n) is 8.69. The highest BCUT2D eigenvalue weighted by Gasteiger charge is 2.48.